The first-order valence-electron chi connectivity index (χ1n) is 11.5. The molecule has 0 radical (unpaired) electrons. The fraction of sp³-hybridized carbons (Fsp3) is 0.609. The number of pyridine rings is 1. The first-order valence-corrected chi connectivity index (χ1v) is 11.5. The van der Waals surface area contributed by atoms with Crippen LogP contribution in [0.3, 0.4) is 0 Å². The molecule has 1 saturated carbocycles. The Morgan fingerprint density at radius 2 is 1.97 bits per heavy atom. The zero-order valence-corrected chi connectivity index (χ0v) is 18.0. The molecule has 2 fully saturated rings. The molecule has 1 N–H and O–H groups in total. The Labute approximate surface area is 182 Å². The maximum atomic E-state index is 13.1. The minimum absolute atomic E-state index is 0.0105. The lowest BCUT2D eigenvalue weighted by Gasteiger charge is -2.29. The zero-order valence-electron chi connectivity index (χ0n) is 18.0. The van der Waals surface area contributed by atoms with Gasteiger partial charge in [0.1, 0.15) is 0 Å². The number of carbonyl (C=O) groups is 2. The zero-order chi connectivity index (χ0) is 21.5. The summed E-state index contributed by atoms with van der Waals surface area (Å²) in [5.41, 5.74) is 0.812. The lowest BCUT2D eigenvalue weighted by molar-refractivity contribution is -0.137. The molecule has 3 heterocycles. The van der Waals surface area contributed by atoms with Gasteiger partial charge >= 0.3 is 0 Å². The van der Waals surface area contributed by atoms with Gasteiger partial charge in [0, 0.05) is 55.8 Å². The van der Waals surface area contributed by atoms with Crippen molar-refractivity contribution in [1.82, 2.24) is 25.3 Å². The van der Waals surface area contributed by atoms with E-state index in [9.17, 15) is 9.59 Å². The molecule has 1 unspecified atom stereocenters. The van der Waals surface area contributed by atoms with Gasteiger partial charge in [-0.3, -0.25) is 14.6 Å². The first kappa shape index (κ1) is 21.5. The van der Waals surface area contributed by atoms with Crippen LogP contribution < -0.4 is 5.32 Å². The van der Waals surface area contributed by atoms with E-state index < -0.39 is 0 Å². The van der Waals surface area contributed by atoms with E-state index in [2.05, 4.69) is 20.4 Å². The van der Waals surface area contributed by atoms with Gasteiger partial charge in [0.25, 0.3) is 0 Å². The van der Waals surface area contributed by atoms with E-state index in [4.69, 9.17) is 4.52 Å². The summed E-state index contributed by atoms with van der Waals surface area (Å²) in [6, 6.07) is 3.74. The molecule has 31 heavy (non-hydrogen) atoms. The fourth-order valence-corrected chi connectivity index (χ4v) is 4.58. The van der Waals surface area contributed by atoms with Crippen LogP contribution in [0.5, 0.6) is 0 Å². The van der Waals surface area contributed by atoms with E-state index in [1.54, 1.807) is 12.4 Å². The van der Waals surface area contributed by atoms with Crippen molar-refractivity contribution < 1.29 is 14.1 Å². The number of hydrogen-bond acceptors (Lipinski definition) is 6. The molecule has 2 amide bonds. The summed E-state index contributed by atoms with van der Waals surface area (Å²) in [6.45, 7) is 1.73. The number of nitrogens with one attached hydrogen (secondary N) is 1. The van der Waals surface area contributed by atoms with Crippen molar-refractivity contribution >= 4 is 11.8 Å². The van der Waals surface area contributed by atoms with Gasteiger partial charge in [0.15, 0.2) is 0 Å². The molecular formula is C23H31N5O3. The van der Waals surface area contributed by atoms with Crippen molar-refractivity contribution in [3.63, 3.8) is 0 Å². The molecular weight excluding hydrogens is 394 g/mol. The van der Waals surface area contributed by atoms with Crippen molar-refractivity contribution in [3.8, 4) is 11.4 Å². The van der Waals surface area contributed by atoms with Gasteiger partial charge in [-0.25, -0.2) is 0 Å². The molecule has 2 aliphatic rings. The van der Waals surface area contributed by atoms with E-state index in [-0.39, 0.29) is 23.7 Å². The van der Waals surface area contributed by atoms with Crippen LogP contribution in [-0.4, -0.2) is 51.5 Å². The van der Waals surface area contributed by atoms with Crippen LogP contribution in [0, 0.1) is 5.92 Å². The second-order valence-electron chi connectivity index (χ2n) is 8.59. The average Bonchev–Trinajstić information content (AvgIpc) is 3.29. The van der Waals surface area contributed by atoms with Crippen molar-refractivity contribution in [2.45, 2.75) is 63.7 Å². The summed E-state index contributed by atoms with van der Waals surface area (Å²) in [4.78, 5) is 36.0. The predicted octanol–water partition coefficient (Wildman–Crippen LogP) is 3.31. The SMILES string of the molecule is O=C1CCN(C(=O)C2CCCCC2)CCCC(c2nc(-c3cccnc3)no2)CCN1. The fourth-order valence-electron chi connectivity index (χ4n) is 4.58. The number of aromatic nitrogens is 3. The van der Waals surface area contributed by atoms with Crippen LogP contribution in [0.4, 0.5) is 0 Å². The van der Waals surface area contributed by atoms with Crippen LogP contribution in [0.2, 0.25) is 0 Å². The van der Waals surface area contributed by atoms with E-state index >= 15 is 0 Å². The topological polar surface area (TPSA) is 101 Å². The molecule has 8 heteroatoms. The van der Waals surface area contributed by atoms with Gasteiger partial charge in [-0.05, 0) is 44.2 Å². The quantitative estimate of drug-likeness (QED) is 0.810. The van der Waals surface area contributed by atoms with Crippen LogP contribution >= 0.6 is 0 Å². The van der Waals surface area contributed by atoms with Crippen molar-refractivity contribution in [3.05, 3.63) is 30.4 Å². The highest BCUT2D eigenvalue weighted by Crippen LogP contribution is 2.28. The highest BCUT2D eigenvalue weighted by atomic mass is 16.5. The Kier molecular flexibility index (Phi) is 7.27. The van der Waals surface area contributed by atoms with E-state index in [0.29, 0.717) is 37.8 Å². The third-order valence-corrected chi connectivity index (χ3v) is 6.38. The second kappa shape index (κ2) is 10.5. The van der Waals surface area contributed by atoms with Gasteiger partial charge in [-0.15, -0.1) is 0 Å². The van der Waals surface area contributed by atoms with Gasteiger partial charge in [-0.2, -0.15) is 4.98 Å². The van der Waals surface area contributed by atoms with Crippen LogP contribution in [0.15, 0.2) is 29.0 Å². The Hall–Kier alpha value is -2.77. The van der Waals surface area contributed by atoms with Gasteiger partial charge < -0.3 is 14.7 Å². The van der Waals surface area contributed by atoms with Gasteiger partial charge in [0.05, 0.1) is 0 Å². The molecule has 8 nitrogen and oxygen atoms in total. The van der Waals surface area contributed by atoms with E-state index in [1.165, 1.54) is 6.42 Å². The van der Waals surface area contributed by atoms with Crippen molar-refractivity contribution in [2.75, 3.05) is 19.6 Å². The Morgan fingerprint density at radius 1 is 1.10 bits per heavy atom. The summed E-state index contributed by atoms with van der Waals surface area (Å²) in [5.74, 6) is 1.48. The molecule has 4 rings (SSSR count). The number of carbonyl (C=O) groups excluding carboxylic acids is 2. The standard InChI is InChI=1S/C23H31N5O3/c29-20-11-15-28(23(30)18-6-2-1-3-7-18)14-5-9-17(10-13-25-20)22-26-21(27-31-22)19-8-4-12-24-16-19/h4,8,12,16-18H,1-3,5-7,9-11,13-15H2,(H,25,29). The highest BCUT2D eigenvalue weighted by molar-refractivity contribution is 5.80. The predicted molar refractivity (Wildman–Crippen MR) is 115 cm³/mol. The summed E-state index contributed by atoms with van der Waals surface area (Å²) in [6.07, 6.45) is 11.6. The number of amides is 2. The first-order chi connectivity index (χ1) is 15.2. The summed E-state index contributed by atoms with van der Waals surface area (Å²) in [7, 11) is 0. The van der Waals surface area contributed by atoms with Crippen LogP contribution in [-0.2, 0) is 9.59 Å². The van der Waals surface area contributed by atoms with E-state index in [0.717, 1.165) is 50.5 Å². The Balaban J connectivity index is 1.43. The maximum absolute atomic E-state index is 13.1. The third-order valence-electron chi connectivity index (χ3n) is 6.38. The summed E-state index contributed by atoms with van der Waals surface area (Å²) >= 11 is 0. The largest absolute Gasteiger partial charge is 0.356 e. The molecule has 0 spiro atoms. The van der Waals surface area contributed by atoms with Crippen LogP contribution in [0.25, 0.3) is 11.4 Å². The van der Waals surface area contributed by atoms with Crippen molar-refractivity contribution in [2.24, 2.45) is 5.92 Å². The molecule has 1 atom stereocenters. The molecule has 0 aromatic carbocycles. The lowest BCUT2D eigenvalue weighted by Crippen LogP contribution is -2.40. The Morgan fingerprint density at radius 3 is 2.77 bits per heavy atom. The lowest BCUT2D eigenvalue weighted by atomic mass is 9.88. The smallest absolute Gasteiger partial charge is 0.230 e. The minimum atomic E-state index is -0.0105. The number of nitrogens with zero attached hydrogens (tertiary/aromatic N) is 4. The number of hydrogen-bond donors (Lipinski definition) is 1. The van der Waals surface area contributed by atoms with Crippen LogP contribution in [0.1, 0.15) is 69.6 Å². The molecule has 0 bridgehead atoms. The molecule has 166 valence electrons. The number of rotatable bonds is 3. The Bertz CT molecular complexity index is 863. The van der Waals surface area contributed by atoms with E-state index in [1.807, 2.05) is 17.0 Å². The minimum Gasteiger partial charge on any atom is -0.356 e. The van der Waals surface area contributed by atoms with Gasteiger partial charge in [0.2, 0.25) is 23.5 Å². The van der Waals surface area contributed by atoms with Gasteiger partial charge in [-0.1, -0.05) is 24.4 Å². The average molecular weight is 426 g/mol. The summed E-state index contributed by atoms with van der Waals surface area (Å²) < 4.78 is 5.57. The molecule has 1 aliphatic heterocycles. The van der Waals surface area contributed by atoms with Crippen molar-refractivity contribution in [1.29, 1.82) is 0 Å². The maximum Gasteiger partial charge on any atom is 0.230 e. The normalized spacial score (nSPS) is 21.9. The third kappa shape index (κ3) is 5.68. The summed E-state index contributed by atoms with van der Waals surface area (Å²) in [5, 5.41) is 7.10. The molecule has 1 saturated heterocycles. The molecule has 1 aliphatic carbocycles. The highest BCUT2D eigenvalue weighted by Gasteiger charge is 2.27. The molecule has 2 aromatic heterocycles. The molecule has 2 aromatic rings. The monoisotopic (exact) mass is 425 g/mol. The second-order valence-corrected chi connectivity index (χ2v) is 8.59.